The zero-order chi connectivity index (χ0) is 16.8. The van der Waals surface area contributed by atoms with Gasteiger partial charge in [0.1, 0.15) is 16.3 Å². The van der Waals surface area contributed by atoms with Gasteiger partial charge in [-0.1, -0.05) is 15.9 Å². The predicted octanol–water partition coefficient (Wildman–Crippen LogP) is 6.12. The Morgan fingerprint density at radius 3 is 2.54 bits per heavy atom. The van der Waals surface area contributed by atoms with Gasteiger partial charge in [0.05, 0.1) is 8.95 Å². The van der Waals surface area contributed by atoms with Crippen molar-refractivity contribution in [3.63, 3.8) is 0 Å². The summed E-state index contributed by atoms with van der Waals surface area (Å²) in [5.74, 6) is 0.144. The van der Waals surface area contributed by atoms with Crippen LogP contribution in [0.3, 0.4) is 0 Å². The van der Waals surface area contributed by atoms with E-state index in [2.05, 4.69) is 52.8 Å². The van der Waals surface area contributed by atoms with E-state index in [0.29, 0.717) is 8.95 Å². The average molecular weight is 530 g/mol. The largest absolute Gasteiger partial charge is 0.506 e. The molecule has 1 aromatic carbocycles. The van der Waals surface area contributed by atoms with E-state index in [4.69, 9.17) is 5.10 Å². The molecule has 0 saturated heterocycles. The molecule has 3 aromatic heterocycles. The zero-order valence-electron chi connectivity index (χ0n) is 11.9. The zero-order valence-corrected chi connectivity index (χ0v) is 17.4. The van der Waals surface area contributed by atoms with Crippen LogP contribution in [0.5, 0.6) is 5.75 Å². The third kappa shape index (κ3) is 2.52. The van der Waals surface area contributed by atoms with Crippen molar-refractivity contribution >= 4 is 64.0 Å². The molecule has 8 heteroatoms. The van der Waals surface area contributed by atoms with Crippen molar-refractivity contribution in [1.82, 2.24) is 14.6 Å². The van der Waals surface area contributed by atoms with Crippen LogP contribution in [0, 0.1) is 0 Å². The minimum atomic E-state index is 0.144. The number of pyridine rings is 1. The van der Waals surface area contributed by atoms with Crippen LogP contribution in [-0.4, -0.2) is 19.7 Å². The van der Waals surface area contributed by atoms with Gasteiger partial charge in [0.25, 0.3) is 0 Å². The van der Waals surface area contributed by atoms with E-state index >= 15 is 0 Å². The van der Waals surface area contributed by atoms with E-state index in [-0.39, 0.29) is 5.75 Å². The molecule has 0 aliphatic heterocycles. The van der Waals surface area contributed by atoms with Crippen molar-refractivity contribution in [2.75, 3.05) is 0 Å². The second-order valence-electron chi connectivity index (χ2n) is 4.99. The van der Waals surface area contributed by atoms with Crippen LogP contribution in [-0.2, 0) is 0 Å². The molecular formula is C16H8Br3N3OS. The molecule has 0 fully saturated rings. The highest BCUT2D eigenvalue weighted by Crippen LogP contribution is 2.47. The number of phenolic OH excluding ortho intramolecular Hbond substituents is 1. The summed E-state index contributed by atoms with van der Waals surface area (Å²) in [6, 6.07) is 5.74. The molecule has 24 heavy (non-hydrogen) atoms. The number of hydrogen-bond acceptors (Lipinski definition) is 4. The van der Waals surface area contributed by atoms with E-state index in [1.54, 1.807) is 23.7 Å². The van der Waals surface area contributed by atoms with E-state index in [1.807, 2.05) is 34.3 Å². The molecule has 3 heterocycles. The summed E-state index contributed by atoms with van der Waals surface area (Å²) in [5, 5.41) is 17.0. The molecule has 4 rings (SSSR count). The number of thiazole rings is 1. The van der Waals surface area contributed by atoms with Gasteiger partial charge in [0.15, 0.2) is 0 Å². The lowest BCUT2D eigenvalue weighted by Gasteiger charge is -2.11. The summed E-state index contributed by atoms with van der Waals surface area (Å²) in [6.07, 6.45) is 5.45. The molecule has 4 nitrogen and oxygen atoms in total. The number of phenols is 1. The van der Waals surface area contributed by atoms with E-state index < -0.39 is 0 Å². The number of fused-ring (bicyclic) bond motifs is 1. The monoisotopic (exact) mass is 527 g/mol. The highest BCUT2D eigenvalue weighted by molar-refractivity contribution is 9.11. The first-order chi connectivity index (χ1) is 11.6. The molecule has 0 aliphatic rings. The number of nitrogens with zero attached hydrogens (tertiary/aromatic N) is 3. The average Bonchev–Trinajstić information content (AvgIpc) is 3.14. The number of benzene rings is 1. The van der Waals surface area contributed by atoms with Gasteiger partial charge in [0, 0.05) is 39.6 Å². The van der Waals surface area contributed by atoms with Crippen molar-refractivity contribution in [2.24, 2.45) is 0 Å². The number of halogens is 3. The first kappa shape index (κ1) is 16.3. The Morgan fingerprint density at radius 2 is 1.79 bits per heavy atom. The third-order valence-corrected chi connectivity index (χ3v) is 6.47. The summed E-state index contributed by atoms with van der Waals surface area (Å²) in [4.78, 5) is 5.14. The van der Waals surface area contributed by atoms with Crippen molar-refractivity contribution in [1.29, 1.82) is 0 Å². The molecule has 0 amide bonds. The Morgan fingerprint density at radius 1 is 1.04 bits per heavy atom. The van der Waals surface area contributed by atoms with Crippen molar-refractivity contribution < 1.29 is 5.11 Å². The molecule has 0 bridgehead atoms. The normalized spacial score (nSPS) is 11.3. The van der Waals surface area contributed by atoms with E-state index in [1.165, 1.54) is 0 Å². The maximum absolute atomic E-state index is 10.3. The predicted molar refractivity (Wildman–Crippen MR) is 107 cm³/mol. The molecule has 0 saturated carbocycles. The maximum Gasteiger partial charge on any atom is 0.144 e. The standard InChI is InChI=1S/C16H8Br3N3OS/c17-9-7-10(18)15(23)13(19)12(9)14-11(8-1-3-20-4-2-8)16-22(21-14)5-6-24-16/h1-7,23H. The van der Waals surface area contributed by atoms with Crippen molar-refractivity contribution in [2.45, 2.75) is 0 Å². The molecule has 120 valence electrons. The number of aromatic nitrogens is 3. The Balaban J connectivity index is 2.10. The molecule has 0 radical (unpaired) electrons. The number of hydrogen-bond donors (Lipinski definition) is 1. The topological polar surface area (TPSA) is 50.4 Å². The molecule has 0 aliphatic carbocycles. The van der Waals surface area contributed by atoms with Gasteiger partial charge in [-0.3, -0.25) is 4.98 Å². The highest BCUT2D eigenvalue weighted by atomic mass is 79.9. The third-order valence-electron chi connectivity index (χ3n) is 3.60. The summed E-state index contributed by atoms with van der Waals surface area (Å²) in [7, 11) is 0. The SMILES string of the molecule is Oc1c(Br)cc(Br)c(-c2nn3ccsc3c2-c2ccncc2)c1Br. The van der Waals surface area contributed by atoms with Gasteiger partial charge >= 0.3 is 0 Å². The Kier molecular flexibility index (Phi) is 4.24. The second-order valence-corrected chi connectivity index (χ2v) is 8.39. The van der Waals surface area contributed by atoms with Gasteiger partial charge in [-0.2, -0.15) is 5.10 Å². The lowest BCUT2D eigenvalue weighted by molar-refractivity contribution is 0.468. The van der Waals surface area contributed by atoms with E-state index in [0.717, 1.165) is 31.7 Å². The lowest BCUT2D eigenvalue weighted by Crippen LogP contribution is -1.89. The summed E-state index contributed by atoms with van der Waals surface area (Å²) < 4.78 is 3.88. The fourth-order valence-electron chi connectivity index (χ4n) is 2.54. The lowest BCUT2D eigenvalue weighted by atomic mass is 10.0. The minimum Gasteiger partial charge on any atom is -0.506 e. The number of aromatic hydroxyl groups is 1. The van der Waals surface area contributed by atoms with Gasteiger partial charge in [-0.05, 0) is 55.6 Å². The molecular weight excluding hydrogens is 522 g/mol. The Hall–Kier alpha value is -1.22. The molecule has 0 spiro atoms. The quantitative estimate of drug-likeness (QED) is 0.340. The van der Waals surface area contributed by atoms with Gasteiger partial charge < -0.3 is 5.11 Å². The van der Waals surface area contributed by atoms with Crippen LogP contribution in [0.1, 0.15) is 0 Å². The highest BCUT2D eigenvalue weighted by Gasteiger charge is 2.23. The smallest absolute Gasteiger partial charge is 0.144 e. The van der Waals surface area contributed by atoms with Crippen LogP contribution in [0.15, 0.2) is 55.6 Å². The van der Waals surface area contributed by atoms with Gasteiger partial charge in [-0.25, -0.2) is 4.52 Å². The first-order valence-corrected chi connectivity index (χ1v) is 10.1. The molecule has 4 aromatic rings. The number of rotatable bonds is 2. The second kappa shape index (κ2) is 6.25. The Labute approximate surface area is 166 Å². The Bertz CT molecular complexity index is 1060. The van der Waals surface area contributed by atoms with Crippen molar-refractivity contribution in [3.8, 4) is 28.1 Å². The summed E-state index contributed by atoms with van der Waals surface area (Å²) in [5.41, 5.74) is 3.63. The van der Waals surface area contributed by atoms with Crippen molar-refractivity contribution in [3.05, 3.63) is 55.6 Å². The van der Waals surface area contributed by atoms with E-state index in [9.17, 15) is 5.11 Å². The van der Waals surface area contributed by atoms with Gasteiger partial charge in [0.2, 0.25) is 0 Å². The summed E-state index contributed by atoms with van der Waals surface area (Å²) >= 11 is 12.1. The fraction of sp³-hybridized carbons (Fsp3) is 0. The first-order valence-electron chi connectivity index (χ1n) is 6.81. The maximum atomic E-state index is 10.3. The van der Waals surface area contributed by atoms with Crippen LogP contribution < -0.4 is 0 Å². The van der Waals surface area contributed by atoms with Crippen LogP contribution in [0.4, 0.5) is 0 Å². The van der Waals surface area contributed by atoms with Crippen LogP contribution >= 0.6 is 59.1 Å². The molecule has 0 atom stereocenters. The van der Waals surface area contributed by atoms with Gasteiger partial charge in [-0.15, -0.1) is 11.3 Å². The molecule has 1 N–H and O–H groups in total. The summed E-state index contributed by atoms with van der Waals surface area (Å²) in [6.45, 7) is 0. The fourth-order valence-corrected chi connectivity index (χ4v) is 5.88. The molecule has 0 unspecified atom stereocenters. The minimum absolute atomic E-state index is 0.144. The van der Waals surface area contributed by atoms with Crippen LogP contribution in [0.25, 0.3) is 27.2 Å². The van der Waals surface area contributed by atoms with Crippen LogP contribution in [0.2, 0.25) is 0 Å².